The van der Waals surface area contributed by atoms with Gasteiger partial charge in [0.25, 0.3) is 0 Å². The lowest BCUT2D eigenvalue weighted by Gasteiger charge is -2.38. The third kappa shape index (κ3) is 4.47. The summed E-state index contributed by atoms with van der Waals surface area (Å²) < 4.78 is 21.8. The molecular formula is C23H29FN4OS. The molecule has 0 saturated carbocycles. The molecule has 4 heterocycles. The number of nitrogens with zero attached hydrogens (tertiary/aromatic N) is 4. The zero-order chi connectivity index (χ0) is 21.4. The van der Waals surface area contributed by atoms with Crippen LogP contribution in [0.4, 0.5) is 4.39 Å². The molecule has 1 aliphatic heterocycles. The molecule has 5 nitrogen and oxygen atoms in total. The maximum atomic E-state index is 14.7. The minimum Gasteiger partial charge on any atom is -0.490 e. The number of rotatable bonds is 5. The van der Waals surface area contributed by atoms with Crippen molar-refractivity contribution in [3.05, 3.63) is 46.1 Å². The molecule has 0 radical (unpaired) electrons. The molecule has 0 N–H and O–H groups in total. The maximum absolute atomic E-state index is 14.7. The van der Waals surface area contributed by atoms with E-state index in [4.69, 9.17) is 4.74 Å². The second-order valence-electron chi connectivity index (χ2n) is 8.38. The molecule has 1 saturated heterocycles. The molecule has 3 aromatic heterocycles. The van der Waals surface area contributed by atoms with Crippen molar-refractivity contribution in [1.82, 2.24) is 19.9 Å². The van der Waals surface area contributed by atoms with Gasteiger partial charge in [-0.05, 0) is 46.6 Å². The average Bonchev–Trinajstić information content (AvgIpc) is 3.05. The summed E-state index contributed by atoms with van der Waals surface area (Å²) in [7, 11) is 0. The van der Waals surface area contributed by atoms with Crippen LogP contribution in [0.3, 0.4) is 0 Å². The molecule has 0 aromatic carbocycles. The number of hydrogen-bond acceptors (Lipinski definition) is 6. The van der Waals surface area contributed by atoms with Crippen LogP contribution in [0.1, 0.15) is 54.7 Å². The predicted molar refractivity (Wildman–Crippen MR) is 119 cm³/mol. The Bertz CT molecular complexity index is 1020. The van der Waals surface area contributed by atoms with E-state index in [1.807, 2.05) is 32.9 Å². The largest absolute Gasteiger partial charge is 0.490 e. The zero-order valence-corrected chi connectivity index (χ0v) is 19.1. The van der Waals surface area contributed by atoms with Gasteiger partial charge in [-0.15, -0.1) is 11.3 Å². The highest BCUT2D eigenvalue weighted by atomic mass is 32.1. The second-order valence-corrected chi connectivity index (χ2v) is 9.61. The Morgan fingerprint density at radius 2 is 1.70 bits per heavy atom. The van der Waals surface area contributed by atoms with Crippen molar-refractivity contribution in [3.8, 4) is 5.75 Å². The average molecular weight is 429 g/mol. The van der Waals surface area contributed by atoms with Crippen molar-refractivity contribution in [2.24, 2.45) is 0 Å². The van der Waals surface area contributed by atoms with E-state index in [0.717, 1.165) is 52.8 Å². The Morgan fingerprint density at radius 1 is 1.03 bits per heavy atom. The van der Waals surface area contributed by atoms with Crippen LogP contribution in [0.15, 0.2) is 18.2 Å². The third-order valence-electron chi connectivity index (χ3n) is 6.04. The summed E-state index contributed by atoms with van der Waals surface area (Å²) in [6.07, 6.45) is 2.12. The number of aromatic nitrogens is 3. The molecular weight excluding hydrogens is 399 g/mol. The van der Waals surface area contributed by atoms with Crippen molar-refractivity contribution in [2.75, 3.05) is 13.1 Å². The number of fused-ring (bicyclic) bond motifs is 1. The fourth-order valence-electron chi connectivity index (χ4n) is 4.28. The van der Waals surface area contributed by atoms with Crippen molar-refractivity contribution in [3.63, 3.8) is 0 Å². The van der Waals surface area contributed by atoms with Crippen LogP contribution >= 0.6 is 11.3 Å². The fourth-order valence-corrected chi connectivity index (χ4v) is 5.08. The smallest absolute Gasteiger partial charge is 0.170 e. The highest BCUT2D eigenvalue weighted by molar-refractivity contribution is 7.18. The Labute approximate surface area is 181 Å². The number of thiazole rings is 1. The molecule has 30 heavy (non-hydrogen) atoms. The first-order chi connectivity index (χ1) is 14.3. The molecule has 160 valence electrons. The summed E-state index contributed by atoms with van der Waals surface area (Å²) >= 11 is 1.48. The number of likely N-dealkylation sites (tertiary alicyclic amines) is 1. The molecule has 0 amide bonds. The maximum Gasteiger partial charge on any atom is 0.170 e. The van der Waals surface area contributed by atoms with E-state index in [0.29, 0.717) is 11.3 Å². The summed E-state index contributed by atoms with van der Waals surface area (Å²) in [6.45, 7) is 12.0. The first kappa shape index (κ1) is 21.1. The fraction of sp³-hybridized carbons (Fsp3) is 0.522. The Balaban J connectivity index is 1.40. The summed E-state index contributed by atoms with van der Waals surface area (Å²) in [4.78, 5) is 15.8. The van der Waals surface area contributed by atoms with Crippen LogP contribution in [0.5, 0.6) is 5.75 Å². The molecule has 0 spiro atoms. The first-order valence-corrected chi connectivity index (χ1v) is 11.4. The Morgan fingerprint density at radius 3 is 2.37 bits per heavy atom. The van der Waals surface area contributed by atoms with Gasteiger partial charge in [0.05, 0.1) is 15.4 Å². The summed E-state index contributed by atoms with van der Waals surface area (Å²) in [5, 5.41) is 0.913. The molecule has 3 aromatic rings. The molecule has 1 fully saturated rings. The number of halogens is 1. The van der Waals surface area contributed by atoms with E-state index in [-0.39, 0.29) is 23.9 Å². The van der Waals surface area contributed by atoms with Gasteiger partial charge in [-0.3, -0.25) is 9.88 Å². The minimum atomic E-state index is -0.229. The van der Waals surface area contributed by atoms with Gasteiger partial charge in [-0.1, -0.05) is 6.92 Å². The summed E-state index contributed by atoms with van der Waals surface area (Å²) in [6, 6.07) is 5.77. The number of hydrogen-bond donors (Lipinski definition) is 0. The predicted octanol–water partition coefficient (Wildman–Crippen LogP) is 5.19. The Kier molecular flexibility index (Phi) is 6.02. The van der Waals surface area contributed by atoms with E-state index >= 15 is 0 Å². The van der Waals surface area contributed by atoms with Crippen molar-refractivity contribution in [1.29, 1.82) is 0 Å². The van der Waals surface area contributed by atoms with Crippen LogP contribution in [0, 0.1) is 26.6 Å². The van der Waals surface area contributed by atoms with Gasteiger partial charge >= 0.3 is 0 Å². The molecule has 7 heteroatoms. The monoisotopic (exact) mass is 428 g/mol. The van der Waals surface area contributed by atoms with E-state index in [2.05, 4.69) is 33.7 Å². The molecule has 1 aliphatic rings. The van der Waals surface area contributed by atoms with Gasteiger partial charge in [0.15, 0.2) is 5.65 Å². The normalized spacial score (nSPS) is 17.9. The lowest BCUT2D eigenvalue weighted by molar-refractivity contribution is 0.0727. The van der Waals surface area contributed by atoms with Gasteiger partial charge in [0.2, 0.25) is 0 Å². The molecule has 0 aliphatic carbocycles. The minimum absolute atomic E-state index is 0.0145. The highest BCUT2D eigenvalue weighted by Crippen LogP contribution is 2.30. The molecule has 0 bridgehead atoms. The molecule has 0 unspecified atom stereocenters. The lowest BCUT2D eigenvalue weighted by atomic mass is 9.94. The van der Waals surface area contributed by atoms with Gasteiger partial charge in [-0.25, -0.2) is 14.4 Å². The van der Waals surface area contributed by atoms with E-state index in [9.17, 15) is 4.39 Å². The van der Waals surface area contributed by atoms with Crippen molar-refractivity contribution < 1.29 is 9.13 Å². The standard InChI is InChI=1S/C23H29FN4OS/c1-13-10-19(11-14(2)25-13)29-18-6-8-28(9-7-18)16(4)15(3)22-20(24)12-21-23(27-22)26-17(5)30-21/h10-12,15-16,18H,6-9H2,1-5H3/t15-,16-/m1/s1. The van der Waals surface area contributed by atoms with E-state index in [1.54, 1.807) is 6.07 Å². The first-order valence-electron chi connectivity index (χ1n) is 10.6. The lowest BCUT2D eigenvalue weighted by Crippen LogP contribution is -2.45. The Hall–Kier alpha value is -2.12. The van der Waals surface area contributed by atoms with E-state index < -0.39 is 0 Å². The highest BCUT2D eigenvalue weighted by Gasteiger charge is 2.29. The van der Waals surface area contributed by atoms with Gasteiger partial charge < -0.3 is 4.74 Å². The molecule has 4 rings (SSSR count). The topological polar surface area (TPSA) is 51.1 Å². The quantitative estimate of drug-likeness (QED) is 0.560. The second kappa shape index (κ2) is 8.55. The van der Waals surface area contributed by atoms with Crippen LogP contribution < -0.4 is 4.74 Å². The van der Waals surface area contributed by atoms with Crippen LogP contribution in [0.25, 0.3) is 10.3 Å². The van der Waals surface area contributed by atoms with Crippen LogP contribution in [-0.4, -0.2) is 45.1 Å². The summed E-state index contributed by atoms with van der Waals surface area (Å²) in [5.74, 6) is 0.657. The van der Waals surface area contributed by atoms with Gasteiger partial charge in [0.1, 0.15) is 17.7 Å². The van der Waals surface area contributed by atoms with E-state index in [1.165, 1.54) is 11.3 Å². The number of aryl methyl sites for hydroxylation is 3. The number of ether oxygens (including phenoxy) is 1. The van der Waals surface area contributed by atoms with Crippen LogP contribution in [-0.2, 0) is 0 Å². The zero-order valence-electron chi connectivity index (χ0n) is 18.3. The third-order valence-corrected chi connectivity index (χ3v) is 6.94. The number of piperidine rings is 1. The summed E-state index contributed by atoms with van der Waals surface area (Å²) in [5.41, 5.74) is 3.13. The van der Waals surface area contributed by atoms with Gasteiger partial charge in [0, 0.05) is 48.6 Å². The van der Waals surface area contributed by atoms with Crippen molar-refractivity contribution >= 4 is 21.7 Å². The van der Waals surface area contributed by atoms with Crippen molar-refractivity contribution in [2.45, 2.75) is 65.5 Å². The number of pyridine rings is 2. The molecule has 2 atom stereocenters. The van der Waals surface area contributed by atoms with Crippen LogP contribution in [0.2, 0.25) is 0 Å². The SMILES string of the molecule is Cc1cc(OC2CCN([C@H](C)[C@@H](C)c3nc4nc(C)sc4cc3F)CC2)cc(C)n1. The van der Waals surface area contributed by atoms with Gasteiger partial charge in [-0.2, -0.15) is 0 Å².